The third kappa shape index (κ3) is 5.06. The van der Waals surface area contributed by atoms with Crippen LogP contribution in [0.1, 0.15) is 30.1 Å². The number of thiocarbonyl (C=S) groups is 1. The van der Waals surface area contributed by atoms with Crippen LogP contribution >= 0.6 is 23.6 Å². The number of ether oxygens (including phenoxy) is 1. The van der Waals surface area contributed by atoms with E-state index in [0.717, 1.165) is 42.9 Å². The Hall–Kier alpha value is -1.96. The van der Waals surface area contributed by atoms with Gasteiger partial charge in [-0.1, -0.05) is 37.3 Å². The van der Waals surface area contributed by atoms with Gasteiger partial charge in [-0.25, -0.2) is 4.79 Å². The molecule has 2 N–H and O–H groups in total. The molecule has 1 saturated heterocycles. The van der Waals surface area contributed by atoms with Crippen LogP contribution in [0.2, 0.25) is 0 Å². The number of hydrogen-bond donors (Lipinski definition) is 2. The second-order valence-corrected chi connectivity index (χ2v) is 7.98. The number of likely N-dealkylation sites (tertiary alicyclic amines) is 1. The van der Waals surface area contributed by atoms with Crippen LogP contribution in [0.25, 0.3) is 10.4 Å². The van der Waals surface area contributed by atoms with Crippen molar-refractivity contribution in [2.45, 2.75) is 25.8 Å². The molecule has 0 spiro atoms. The maximum atomic E-state index is 12.2. The van der Waals surface area contributed by atoms with Gasteiger partial charge in [-0.2, -0.15) is 0 Å². The average Bonchev–Trinajstić information content (AvgIpc) is 3.12. The highest BCUT2D eigenvalue weighted by molar-refractivity contribution is 7.80. The molecule has 2 aromatic rings. The Labute approximate surface area is 169 Å². The van der Waals surface area contributed by atoms with E-state index in [4.69, 9.17) is 17.0 Å². The third-order valence-corrected chi connectivity index (χ3v) is 6.11. The SMILES string of the molecule is CCN1CCC(NC(=S)Nc2sc(-c3ccccc3)cc2C(=O)OC)CC1. The van der Waals surface area contributed by atoms with Crippen molar-refractivity contribution in [3.8, 4) is 10.4 Å². The Morgan fingerprint density at radius 1 is 1.30 bits per heavy atom. The zero-order chi connectivity index (χ0) is 19.2. The van der Waals surface area contributed by atoms with E-state index in [1.54, 1.807) is 0 Å². The number of hydrogen-bond acceptors (Lipinski definition) is 5. The first kappa shape index (κ1) is 19.8. The van der Waals surface area contributed by atoms with Crippen molar-refractivity contribution in [2.24, 2.45) is 0 Å². The van der Waals surface area contributed by atoms with E-state index < -0.39 is 0 Å². The molecule has 27 heavy (non-hydrogen) atoms. The molecule has 2 heterocycles. The highest BCUT2D eigenvalue weighted by Gasteiger charge is 2.21. The summed E-state index contributed by atoms with van der Waals surface area (Å²) in [4.78, 5) is 15.6. The van der Waals surface area contributed by atoms with Crippen molar-refractivity contribution in [2.75, 3.05) is 32.1 Å². The van der Waals surface area contributed by atoms with Gasteiger partial charge in [0.2, 0.25) is 0 Å². The van der Waals surface area contributed by atoms with Crippen LogP contribution in [0.15, 0.2) is 36.4 Å². The lowest BCUT2D eigenvalue weighted by Gasteiger charge is -2.32. The van der Waals surface area contributed by atoms with Gasteiger partial charge in [0.05, 0.1) is 12.7 Å². The molecular weight excluding hydrogens is 378 g/mol. The fourth-order valence-corrected chi connectivity index (χ4v) is 4.60. The number of thiophene rings is 1. The summed E-state index contributed by atoms with van der Waals surface area (Å²) in [5.74, 6) is -0.366. The van der Waals surface area contributed by atoms with Gasteiger partial charge >= 0.3 is 5.97 Å². The fourth-order valence-electron chi connectivity index (χ4n) is 3.21. The zero-order valence-corrected chi connectivity index (χ0v) is 17.3. The predicted molar refractivity (Wildman–Crippen MR) is 116 cm³/mol. The van der Waals surface area contributed by atoms with Crippen molar-refractivity contribution in [3.05, 3.63) is 42.0 Å². The smallest absolute Gasteiger partial charge is 0.340 e. The molecule has 1 aliphatic rings. The van der Waals surface area contributed by atoms with Gasteiger partial charge in [0.15, 0.2) is 5.11 Å². The molecule has 5 nitrogen and oxygen atoms in total. The van der Waals surface area contributed by atoms with Crippen LogP contribution in [-0.2, 0) is 4.74 Å². The van der Waals surface area contributed by atoms with E-state index in [0.29, 0.717) is 21.7 Å². The lowest BCUT2D eigenvalue weighted by molar-refractivity contribution is 0.0602. The molecule has 0 unspecified atom stereocenters. The Morgan fingerprint density at radius 3 is 2.63 bits per heavy atom. The molecule has 0 bridgehead atoms. The zero-order valence-electron chi connectivity index (χ0n) is 15.7. The van der Waals surface area contributed by atoms with Crippen molar-refractivity contribution in [3.63, 3.8) is 0 Å². The van der Waals surface area contributed by atoms with Crippen molar-refractivity contribution < 1.29 is 9.53 Å². The molecule has 144 valence electrons. The molecule has 7 heteroatoms. The number of carbonyl (C=O) groups is 1. The minimum absolute atomic E-state index is 0.364. The molecule has 3 rings (SSSR count). The molecule has 1 fully saturated rings. The normalized spacial score (nSPS) is 15.3. The largest absolute Gasteiger partial charge is 0.465 e. The summed E-state index contributed by atoms with van der Waals surface area (Å²) in [6.45, 7) is 5.45. The van der Waals surface area contributed by atoms with E-state index in [1.807, 2.05) is 36.4 Å². The standard InChI is InChI=1S/C20H25N3O2S2/c1-3-23-11-9-15(10-12-23)21-20(26)22-18-16(19(24)25-2)13-17(27-18)14-7-5-4-6-8-14/h4-8,13,15H,3,9-12H2,1-2H3,(H2,21,22,26). The number of esters is 1. The summed E-state index contributed by atoms with van der Waals surface area (Å²) in [6.07, 6.45) is 2.14. The van der Waals surface area contributed by atoms with Crippen molar-refractivity contribution in [1.29, 1.82) is 0 Å². The lowest BCUT2D eigenvalue weighted by Crippen LogP contribution is -2.45. The number of rotatable bonds is 5. The first-order valence-electron chi connectivity index (χ1n) is 9.18. The van der Waals surface area contributed by atoms with Crippen LogP contribution in [-0.4, -0.2) is 48.8 Å². The molecule has 0 saturated carbocycles. The van der Waals surface area contributed by atoms with Gasteiger partial charge in [-0.05, 0) is 43.2 Å². The van der Waals surface area contributed by atoms with Gasteiger partial charge in [0, 0.05) is 24.0 Å². The monoisotopic (exact) mass is 403 g/mol. The minimum Gasteiger partial charge on any atom is -0.465 e. The van der Waals surface area contributed by atoms with Gasteiger partial charge in [0.25, 0.3) is 0 Å². The first-order valence-corrected chi connectivity index (χ1v) is 10.4. The first-order chi connectivity index (χ1) is 13.1. The third-order valence-electron chi connectivity index (χ3n) is 4.79. The number of nitrogens with one attached hydrogen (secondary N) is 2. The summed E-state index contributed by atoms with van der Waals surface area (Å²) in [6, 6.07) is 12.2. The number of anilines is 1. The Bertz CT molecular complexity index is 784. The molecule has 0 aliphatic carbocycles. The molecule has 0 radical (unpaired) electrons. The number of methoxy groups -OCH3 is 1. The number of piperidine rings is 1. The van der Waals surface area contributed by atoms with Gasteiger partial charge in [-0.15, -0.1) is 11.3 Å². The number of benzene rings is 1. The summed E-state index contributed by atoms with van der Waals surface area (Å²) >= 11 is 7.00. The molecular formula is C20H25N3O2S2. The number of carbonyl (C=O) groups excluding carboxylic acids is 1. The van der Waals surface area contributed by atoms with Crippen LogP contribution in [0.3, 0.4) is 0 Å². The van der Waals surface area contributed by atoms with Crippen molar-refractivity contribution in [1.82, 2.24) is 10.2 Å². The lowest BCUT2D eigenvalue weighted by atomic mass is 10.1. The Balaban J connectivity index is 1.70. The van der Waals surface area contributed by atoms with Gasteiger partial charge < -0.3 is 20.3 Å². The minimum atomic E-state index is -0.366. The highest BCUT2D eigenvalue weighted by atomic mass is 32.1. The van der Waals surface area contributed by atoms with E-state index >= 15 is 0 Å². The average molecular weight is 404 g/mol. The summed E-state index contributed by atoms with van der Waals surface area (Å²) < 4.78 is 4.94. The topological polar surface area (TPSA) is 53.6 Å². The maximum Gasteiger partial charge on any atom is 0.340 e. The van der Waals surface area contributed by atoms with E-state index in [9.17, 15) is 4.79 Å². The van der Waals surface area contributed by atoms with Crippen molar-refractivity contribution >= 4 is 39.6 Å². The Kier molecular flexibility index (Phi) is 6.82. The summed E-state index contributed by atoms with van der Waals surface area (Å²) in [7, 11) is 1.39. The summed E-state index contributed by atoms with van der Waals surface area (Å²) in [5.41, 5.74) is 1.57. The number of nitrogens with zero attached hydrogens (tertiary/aromatic N) is 1. The van der Waals surface area contributed by atoms with Gasteiger partial charge in [-0.3, -0.25) is 0 Å². The fraction of sp³-hybridized carbons (Fsp3) is 0.400. The maximum absolute atomic E-state index is 12.2. The predicted octanol–water partition coefficient (Wildman–Crippen LogP) is 3.97. The van der Waals surface area contributed by atoms with Crippen LogP contribution in [0, 0.1) is 0 Å². The van der Waals surface area contributed by atoms with Crippen LogP contribution in [0.4, 0.5) is 5.00 Å². The van der Waals surface area contributed by atoms with Gasteiger partial charge in [0.1, 0.15) is 5.00 Å². The van der Waals surface area contributed by atoms with Crippen LogP contribution < -0.4 is 10.6 Å². The van der Waals surface area contributed by atoms with E-state index in [1.165, 1.54) is 18.4 Å². The van der Waals surface area contributed by atoms with E-state index in [2.05, 4.69) is 22.5 Å². The highest BCUT2D eigenvalue weighted by Crippen LogP contribution is 2.35. The quantitative estimate of drug-likeness (QED) is 0.582. The van der Waals surface area contributed by atoms with E-state index in [-0.39, 0.29) is 5.97 Å². The molecule has 0 amide bonds. The summed E-state index contributed by atoms with van der Waals surface area (Å²) in [5, 5.41) is 7.87. The molecule has 1 aromatic carbocycles. The van der Waals surface area contributed by atoms with Crippen LogP contribution in [0.5, 0.6) is 0 Å². The molecule has 1 aromatic heterocycles. The Morgan fingerprint density at radius 2 is 2.00 bits per heavy atom. The second-order valence-electron chi connectivity index (χ2n) is 6.52. The second kappa shape index (κ2) is 9.30. The molecule has 1 aliphatic heterocycles. The molecule has 0 atom stereocenters.